The van der Waals surface area contributed by atoms with Gasteiger partial charge in [0.05, 0.1) is 25.9 Å². The number of ether oxygens (including phenoxy) is 1. The predicted octanol–water partition coefficient (Wildman–Crippen LogP) is 2.40. The highest BCUT2D eigenvalue weighted by Crippen LogP contribution is 2.31. The minimum Gasteiger partial charge on any atom is -0.442 e. The summed E-state index contributed by atoms with van der Waals surface area (Å²) >= 11 is 1.29. The van der Waals surface area contributed by atoms with E-state index >= 15 is 0 Å². The lowest BCUT2D eigenvalue weighted by Gasteiger charge is -2.14. The molecule has 0 spiro atoms. The van der Waals surface area contributed by atoms with Crippen molar-refractivity contribution in [1.82, 2.24) is 21.0 Å². The standard InChI is InChI=1S/C19H22FN5O4S/c1-11(24-28-3)4-7-17-22-23-18(30-17)15-6-5-13(8-16(15)20)25-10-14(29-19(25)27)9-21-12(2)26/h4-6,8,14,24H,7,9-10H2,1-3H3,(H,21,26). The molecule has 0 radical (unpaired) electrons. The molecule has 1 atom stereocenters. The summed E-state index contributed by atoms with van der Waals surface area (Å²) in [5.74, 6) is -0.724. The lowest BCUT2D eigenvalue weighted by Crippen LogP contribution is -2.33. The highest BCUT2D eigenvalue weighted by molar-refractivity contribution is 7.14. The van der Waals surface area contributed by atoms with Gasteiger partial charge in [-0.2, -0.15) is 0 Å². The van der Waals surface area contributed by atoms with Crippen molar-refractivity contribution in [3.05, 3.63) is 40.8 Å². The number of hydroxylamine groups is 1. The number of allylic oxidation sites excluding steroid dienone is 2. The Balaban J connectivity index is 1.69. The zero-order valence-corrected chi connectivity index (χ0v) is 17.6. The van der Waals surface area contributed by atoms with E-state index in [1.807, 2.05) is 13.0 Å². The van der Waals surface area contributed by atoms with Crippen LogP contribution in [0.3, 0.4) is 0 Å². The van der Waals surface area contributed by atoms with Crippen LogP contribution in [0.1, 0.15) is 18.9 Å². The van der Waals surface area contributed by atoms with Crippen LogP contribution >= 0.6 is 11.3 Å². The minimum atomic E-state index is -0.581. The Labute approximate surface area is 176 Å². The third kappa shape index (κ3) is 5.30. The van der Waals surface area contributed by atoms with Crippen molar-refractivity contribution < 1.29 is 23.6 Å². The van der Waals surface area contributed by atoms with Gasteiger partial charge in [-0.3, -0.25) is 20.0 Å². The highest BCUT2D eigenvalue weighted by atomic mass is 32.1. The summed E-state index contributed by atoms with van der Waals surface area (Å²) in [6, 6.07) is 4.47. The number of carbonyl (C=O) groups excluding carboxylic acids is 2. The number of hydrogen-bond acceptors (Lipinski definition) is 8. The van der Waals surface area contributed by atoms with Gasteiger partial charge in [-0.15, -0.1) is 10.2 Å². The number of rotatable bonds is 8. The smallest absolute Gasteiger partial charge is 0.414 e. The van der Waals surface area contributed by atoms with Gasteiger partial charge >= 0.3 is 6.09 Å². The Morgan fingerprint density at radius 3 is 2.93 bits per heavy atom. The molecule has 2 aromatic rings. The van der Waals surface area contributed by atoms with Gasteiger partial charge in [0.2, 0.25) is 5.91 Å². The van der Waals surface area contributed by atoms with Gasteiger partial charge in [0.1, 0.15) is 16.9 Å². The third-order valence-corrected chi connectivity index (χ3v) is 5.24. The van der Waals surface area contributed by atoms with Crippen LogP contribution in [-0.4, -0.2) is 48.5 Å². The van der Waals surface area contributed by atoms with Crippen molar-refractivity contribution in [3.8, 4) is 10.6 Å². The van der Waals surface area contributed by atoms with Crippen LogP contribution in [-0.2, 0) is 20.8 Å². The van der Waals surface area contributed by atoms with Gasteiger partial charge in [-0.25, -0.2) is 9.18 Å². The number of nitrogens with one attached hydrogen (secondary N) is 2. The maximum absolute atomic E-state index is 14.8. The van der Waals surface area contributed by atoms with E-state index in [2.05, 4.69) is 21.0 Å². The lowest BCUT2D eigenvalue weighted by atomic mass is 10.2. The van der Waals surface area contributed by atoms with Crippen LogP contribution < -0.4 is 15.7 Å². The quantitative estimate of drug-likeness (QED) is 0.614. The molecule has 0 bridgehead atoms. The molecule has 1 fully saturated rings. The Morgan fingerprint density at radius 2 is 2.23 bits per heavy atom. The summed E-state index contributed by atoms with van der Waals surface area (Å²) < 4.78 is 20.0. The second-order valence-electron chi connectivity index (χ2n) is 6.62. The molecule has 30 heavy (non-hydrogen) atoms. The zero-order valence-electron chi connectivity index (χ0n) is 16.8. The molecule has 2 N–H and O–H groups in total. The maximum Gasteiger partial charge on any atom is 0.414 e. The van der Waals surface area contributed by atoms with Gasteiger partial charge in [0.15, 0.2) is 5.01 Å². The molecule has 2 heterocycles. The average Bonchev–Trinajstić information content (AvgIpc) is 3.31. The number of cyclic esters (lactones) is 1. The molecule has 1 aromatic heterocycles. The van der Waals surface area contributed by atoms with E-state index in [9.17, 15) is 14.0 Å². The summed E-state index contributed by atoms with van der Waals surface area (Å²) in [5, 5.41) is 11.9. The van der Waals surface area contributed by atoms with E-state index in [0.29, 0.717) is 22.7 Å². The number of benzene rings is 1. The van der Waals surface area contributed by atoms with Crippen LogP contribution in [0.25, 0.3) is 10.6 Å². The minimum absolute atomic E-state index is 0.208. The number of amides is 2. The number of anilines is 1. The fraction of sp³-hybridized carbons (Fsp3) is 0.368. The first-order chi connectivity index (χ1) is 14.4. The summed E-state index contributed by atoms with van der Waals surface area (Å²) in [6.07, 6.45) is 1.36. The molecule has 2 amide bonds. The monoisotopic (exact) mass is 435 g/mol. The Kier molecular flexibility index (Phi) is 6.95. The van der Waals surface area contributed by atoms with Crippen LogP contribution in [0.2, 0.25) is 0 Å². The molecule has 11 heteroatoms. The fourth-order valence-electron chi connectivity index (χ4n) is 2.83. The van der Waals surface area contributed by atoms with Crippen LogP contribution in [0, 0.1) is 5.82 Å². The van der Waals surface area contributed by atoms with Crippen molar-refractivity contribution in [2.24, 2.45) is 0 Å². The molecule has 1 aliphatic heterocycles. The second kappa shape index (κ2) is 9.63. The van der Waals surface area contributed by atoms with E-state index in [4.69, 9.17) is 9.57 Å². The van der Waals surface area contributed by atoms with Gasteiger partial charge in [0.25, 0.3) is 0 Å². The number of nitrogens with zero attached hydrogens (tertiary/aromatic N) is 3. The number of carbonyl (C=O) groups is 2. The normalized spacial score (nSPS) is 16.5. The van der Waals surface area contributed by atoms with E-state index in [1.54, 1.807) is 12.1 Å². The van der Waals surface area contributed by atoms with Crippen molar-refractivity contribution >= 4 is 29.0 Å². The first-order valence-corrected chi connectivity index (χ1v) is 9.99. The lowest BCUT2D eigenvalue weighted by molar-refractivity contribution is -0.119. The molecule has 1 aliphatic rings. The zero-order chi connectivity index (χ0) is 21.7. The van der Waals surface area contributed by atoms with Gasteiger partial charge in [-0.1, -0.05) is 17.4 Å². The third-order valence-electron chi connectivity index (χ3n) is 4.26. The van der Waals surface area contributed by atoms with Gasteiger partial charge < -0.3 is 10.1 Å². The molecule has 1 unspecified atom stereocenters. The Morgan fingerprint density at radius 1 is 1.43 bits per heavy atom. The maximum atomic E-state index is 14.8. The molecule has 0 aliphatic carbocycles. The number of aromatic nitrogens is 2. The molecule has 0 saturated carbocycles. The van der Waals surface area contributed by atoms with Gasteiger partial charge in [0, 0.05) is 24.6 Å². The van der Waals surface area contributed by atoms with E-state index in [0.717, 1.165) is 10.7 Å². The molecule has 1 aromatic carbocycles. The second-order valence-corrected chi connectivity index (χ2v) is 7.68. The highest BCUT2D eigenvalue weighted by Gasteiger charge is 2.32. The van der Waals surface area contributed by atoms with E-state index < -0.39 is 18.0 Å². The van der Waals surface area contributed by atoms with Crippen molar-refractivity contribution in [1.29, 1.82) is 0 Å². The van der Waals surface area contributed by atoms with E-state index in [-0.39, 0.29) is 19.0 Å². The van der Waals surface area contributed by atoms with Crippen LogP contribution in [0.5, 0.6) is 0 Å². The Hall–Kier alpha value is -3.05. The van der Waals surface area contributed by atoms with E-state index in [1.165, 1.54) is 36.3 Å². The van der Waals surface area contributed by atoms with Crippen LogP contribution in [0.4, 0.5) is 14.9 Å². The molecular weight excluding hydrogens is 413 g/mol. The molecule has 1 saturated heterocycles. The van der Waals surface area contributed by atoms with Crippen LogP contribution in [0.15, 0.2) is 30.0 Å². The summed E-state index contributed by atoms with van der Waals surface area (Å²) in [5.41, 5.74) is 4.22. The Bertz CT molecular complexity index is 964. The van der Waals surface area contributed by atoms with Crippen molar-refractivity contribution in [2.45, 2.75) is 26.4 Å². The van der Waals surface area contributed by atoms with Crippen molar-refractivity contribution in [2.75, 3.05) is 25.1 Å². The van der Waals surface area contributed by atoms with Gasteiger partial charge in [-0.05, 0) is 25.1 Å². The number of hydrogen-bond donors (Lipinski definition) is 2. The molecular formula is C19H22FN5O4S. The largest absolute Gasteiger partial charge is 0.442 e. The molecule has 160 valence electrons. The van der Waals surface area contributed by atoms with Crippen molar-refractivity contribution in [3.63, 3.8) is 0 Å². The fourth-order valence-corrected chi connectivity index (χ4v) is 3.66. The topological polar surface area (TPSA) is 106 Å². The summed E-state index contributed by atoms with van der Waals surface area (Å²) in [6.45, 7) is 3.67. The summed E-state index contributed by atoms with van der Waals surface area (Å²) in [7, 11) is 1.53. The number of halogens is 1. The predicted molar refractivity (Wildman–Crippen MR) is 109 cm³/mol. The summed E-state index contributed by atoms with van der Waals surface area (Å²) in [4.78, 5) is 29.3. The average molecular weight is 435 g/mol. The first-order valence-electron chi connectivity index (χ1n) is 9.18. The molecule has 3 rings (SSSR count). The SMILES string of the molecule is CONC(C)=CCc1nnc(-c2ccc(N3CC(CNC(C)=O)OC3=O)cc2F)s1. The first kappa shape index (κ1) is 21.7. The molecule has 9 nitrogen and oxygen atoms in total.